The zero-order valence-electron chi connectivity index (χ0n) is 19.7. The summed E-state index contributed by atoms with van der Waals surface area (Å²) < 4.78 is 1.43. The number of aryl methyl sites for hydroxylation is 1. The lowest BCUT2D eigenvalue weighted by Gasteiger charge is -2.13. The van der Waals surface area contributed by atoms with Crippen LogP contribution in [0, 0.1) is 25.2 Å². The highest BCUT2D eigenvalue weighted by Crippen LogP contribution is 2.22. The molecule has 2 N–H and O–H groups in total. The minimum atomic E-state index is -0.370. The van der Waals surface area contributed by atoms with Gasteiger partial charge in [0, 0.05) is 5.69 Å². The summed E-state index contributed by atoms with van der Waals surface area (Å²) in [7, 11) is 0. The average Bonchev–Trinajstić information content (AvgIpc) is 2.89. The Labute approximate surface area is 212 Å². The van der Waals surface area contributed by atoms with Crippen LogP contribution < -0.4 is 16.2 Å². The number of carbonyl (C=O) groups excluding carboxylic acids is 2. The van der Waals surface area contributed by atoms with Crippen LogP contribution in [0.25, 0.3) is 16.6 Å². The van der Waals surface area contributed by atoms with E-state index < -0.39 is 0 Å². The van der Waals surface area contributed by atoms with Crippen molar-refractivity contribution in [1.82, 2.24) is 14.9 Å². The third-order valence-electron chi connectivity index (χ3n) is 5.66. The first-order valence-electron chi connectivity index (χ1n) is 11.2. The number of aromatic nitrogens is 2. The van der Waals surface area contributed by atoms with Crippen LogP contribution in [0.2, 0.25) is 0 Å². The SMILES string of the molecule is Cc1cccc(NC(=O)CNC(=O)CSc2nc3ccccc3c(=O)n2-c2ccc(C#N)cc2)c1C. The summed E-state index contributed by atoms with van der Waals surface area (Å²) in [5.74, 6) is -0.747. The summed E-state index contributed by atoms with van der Waals surface area (Å²) in [6.45, 7) is 3.70. The number of carbonyl (C=O) groups is 2. The molecule has 1 aromatic heterocycles. The molecule has 0 unspecified atom stereocenters. The highest BCUT2D eigenvalue weighted by atomic mass is 32.2. The van der Waals surface area contributed by atoms with Crippen molar-refractivity contribution in [3.05, 3.63) is 93.8 Å². The summed E-state index contributed by atoms with van der Waals surface area (Å²) in [4.78, 5) is 42.7. The monoisotopic (exact) mass is 497 g/mol. The molecule has 0 aliphatic heterocycles. The summed E-state index contributed by atoms with van der Waals surface area (Å²) in [6.07, 6.45) is 0. The fourth-order valence-corrected chi connectivity index (χ4v) is 4.41. The number of hydrogen-bond acceptors (Lipinski definition) is 6. The first kappa shape index (κ1) is 24.7. The molecule has 0 spiro atoms. The highest BCUT2D eigenvalue weighted by Gasteiger charge is 2.15. The van der Waals surface area contributed by atoms with Crippen LogP contribution in [0.1, 0.15) is 16.7 Å². The van der Waals surface area contributed by atoms with Crippen molar-refractivity contribution < 1.29 is 9.59 Å². The fourth-order valence-electron chi connectivity index (χ4n) is 3.56. The maximum absolute atomic E-state index is 13.3. The van der Waals surface area contributed by atoms with E-state index in [2.05, 4.69) is 21.7 Å². The van der Waals surface area contributed by atoms with Gasteiger partial charge >= 0.3 is 0 Å². The molecule has 8 nitrogen and oxygen atoms in total. The summed E-state index contributed by atoms with van der Waals surface area (Å²) >= 11 is 1.09. The van der Waals surface area contributed by atoms with Crippen LogP contribution in [0.3, 0.4) is 0 Å². The quantitative estimate of drug-likeness (QED) is 0.297. The molecule has 0 atom stereocenters. The molecule has 9 heteroatoms. The second-order valence-corrected chi connectivity index (χ2v) is 9.01. The molecule has 180 valence electrons. The predicted molar refractivity (Wildman–Crippen MR) is 140 cm³/mol. The zero-order valence-corrected chi connectivity index (χ0v) is 20.6. The van der Waals surface area contributed by atoms with Crippen molar-refractivity contribution in [3.8, 4) is 11.8 Å². The third kappa shape index (κ3) is 5.45. The predicted octanol–water partition coefficient (Wildman–Crippen LogP) is 3.72. The molecule has 0 bridgehead atoms. The first-order chi connectivity index (χ1) is 17.4. The minimum Gasteiger partial charge on any atom is -0.346 e. The number of nitrogens with one attached hydrogen (secondary N) is 2. The van der Waals surface area contributed by atoms with Gasteiger partial charge in [0.15, 0.2) is 5.16 Å². The average molecular weight is 498 g/mol. The fraction of sp³-hybridized carbons (Fsp3) is 0.148. The Kier molecular flexibility index (Phi) is 7.47. The van der Waals surface area contributed by atoms with Gasteiger partial charge in [-0.05, 0) is 67.4 Å². The van der Waals surface area contributed by atoms with Crippen molar-refractivity contribution in [2.75, 3.05) is 17.6 Å². The molecule has 0 aliphatic rings. The Morgan fingerprint density at radius 1 is 1.00 bits per heavy atom. The molecule has 0 saturated heterocycles. The number of hydrogen-bond donors (Lipinski definition) is 2. The van der Waals surface area contributed by atoms with Crippen molar-refractivity contribution >= 4 is 40.2 Å². The second-order valence-electron chi connectivity index (χ2n) is 8.07. The van der Waals surface area contributed by atoms with E-state index in [-0.39, 0.29) is 29.7 Å². The minimum absolute atomic E-state index is 0.0438. The molecule has 36 heavy (non-hydrogen) atoms. The Hall–Kier alpha value is -4.42. The van der Waals surface area contributed by atoms with Crippen LogP contribution >= 0.6 is 11.8 Å². The van der Waals surface area contributed by atoms with Gasteiger partial charge < -0.3 is 10.6 Å². The van der Waals surface area contributed by atoms with Crippen molar-refractivity contribution in [2.24, 2.45) is 0 Å². The molecule has 4 rings (SSSR count). The van der Waals surface area contributed by atoms with Crippen LogP contribution in [-0.4, -0.2) is 33.7 Å². The lowest BCUT2D eigenvalue weighted by atomic mass is 10.1. The molecule has 0 saturated carbocycles. The standard InChI is InChI=1S/C27H23N5O3S/c1-17-6-5-9-22(18(17)2)30-24(33)15-29-25(34)16-36-27-31-23-8-4-3-7-21(23)26(35)32(27)20-12-10-19(14-28)11-13-20/h3-13H,15-16H2,1-2H3,(H,29,34)(H,30,33). The maximum atomic E-state index is 13.3. The van der Waals surface area contributed by atoms with Crippen LogP contribution in [0.5, 0.6) is 0 Å². The third-order valence-corrected chi connectivity index (χ3v) is 6.60. The van der Waals surface area contributed by atoms with Gasteiger partial charge in [0.2, 0.25) is 11.8 Å². The Bertz CT molecular complexity index is 1550. The molecular weight excluding hydrogens is 474 g/mol. The summed E-state index contributed by atoms with van der Waals surface area (Å²) in [5.41, 5.74) is 3.97. The normalized spacial score (nSPS) is 10.6. The van der Waals surface area contributed by atoms with E-state index in [4.69, 9.17) is 5.26 Å². The van der Waals surface area contributed by atoms with E-state index in [1.807, 2.05) is 32.0 Å². The molecule has 2 amide bonds. The van der Waals surface area contributed by atoms with Gasteiger partial charge in [0.25, 0.3) is 5.56 Å². The van der Waals surface area contributed by atoms with Gasteiger partial charge in [0.1, 0.15) is 0 Å². The van der Waals surface area contributed by atoms with Gasteiger partial charge in [-0.1, -0.05) is 36.0 Å². The van der Waals surface area contributed by atoms with E-state index in [0.29, 0.717) is 33.0 Å². The number of rotatable bonds is 7. The molecular formula is C27H23N5O3S. The van der Waals surface area contributed by atoms with Crippen LogP contribution in [0.15, 0.2) is 76.7 Å². The van der Waals surface area contributed by atoms with E-state index in [1.54, 1.807) is 48.5 Å². The van der Waals surface area contributed by atoms with Crippen molar-refractivity contribution in [1.29, 1.82) is 5.26 Å². The van der Waals surface area contributed by atoms with Crippen molar-refractivity contribution in [3.63, 3.8) is 0 Å². The lowest BCUT2D eigenvalue weighted by Crippen LogP contribution is -2.34. The van der Waals surface area contributed by atoms with E-state index in [9.17, 15) is 14.4 Å². The van der Waals surface area contributed by atoms with Gasteiger partial charge in [-0.25, -0.2) is 4.98 Å². The van der Waals surface area contributed by atoms with Crippen molar-refractivity contribution in [2.45, 2.75) is 19.0 Å². The molecule has 3 aromatic carbocycles. The van der Waals surface area contributed by atoms with Crippen LogP contribution in [-0.2, 0) is 9.59 Å². The number of fused-ring (bicyclic) bond motifs is 1. The summed E-state index contributed by atoms with van der Waals surface area (Å²) in [6, 6.07) is 21.2. The molecule has 0 fully saturated rings. The number of nitriles is 1. The molecule has 1 heterocycles. The Morgan fingerprint density at radius 3 is 2.50 bits per heavy atom. The van der Waals surface area contributed by atoms with E-state index in [0.717, 1.165) is 22.9 Å². The number of nitrogens with zero attached hydrogens (tertiary/aromatic N) is 3. The van der Waals surface area contributed by atoms with Gasteiger partial charge in [0.05, 0.1) is 40.5 Å². The summed E-state index contributed by atoms with van der Waals surface area (Å²) in [5, 5.41) is 15.3. The number of anilines is 1. The smallest absolute Gasteiger partial charge is 0.266 e. The number of amides is 2. The lowest BCUT2D eigenvalue weighted by molar-refractivity contribution is -0.122. The topological polar surface area (TPSA) is 117 Å². The van der Waals surface area contributed by atoms with Gasteiger partial charge in [-0.15, -0.1) is 0 Å². The number of para-hydroxylation sites is 1. The molecule has 4 aromatic rings. The largest absolute Gasteiger partial charge is 0.346 e. The van der Waals surface area contributed by atoms with Gasteiger partial charge in [-0.3, -0.25) is 19.0 Å². The van der Waals surface area contributed by atoms with Crippen LogP contribution in [0.4, 0.5) is 5.69 Å². The zero-order chi connectivity index (χ0) is 25.7. The number of thioether (sulfide) groups is 1. The van der Waals surface area contributed by atoms with E-state index in [1.165, 1.54) is 4.57 Å². The second kappa shape index (κ2) is 10.9. The Morgan fingerprint density at radius 2 is 1.75 bits per heavy atom. The first-order valence-corrected chi connectivity index (χ1v) is 12.1. The number of benzene rings is 3. The maximum Gasteiger partial charge on any atom is 0.266 e. The van der Waals surface area contributed by atoms with Gasteiger partial charge in [-0.2, -0.15) is 5.26 Å². The van der Waals surface area contributed by atoms with E-state index >= 15 is 0 Å². The highest BCUT2D eigenvalue weighted by molar-refractivity contribution is 7.99. The Balaban J connectivity index is 1.49. The molecule has 0 aliphatic carbocycles. The molecule has 0 radical (unpaired) electrons.